The van der Waals surface area contributed by atoms with E-state index in [0.717, 1.165) is 5.56 Å². The number of guanidine groups is 1. The van der Waals surface area contributed by atoms with E-state index >= 15 is 0 Å². The Morgan fingerprint density at radius 1 is 1.38 bits per heavy atom. The fourth-order valence-electron chi connectivity index (χ4n) is 2.74. The molecule has 0 bridgehead atoms. The van der Waals surface area contributed by atoms with Crippen molar-refractivity contribution in [3.63, 3.8) is 0 Å². The molecule has 1 saturated heterocycles. The molecule has 0 saturated carbocycles. The van der Waals surface area contributed by atoms with Crippen LogP contribution in [-0.4, -0.2) is 69.7 Å². The van der Waals surface area contributed by atoms with E-state index in [1.54, 1.807) is 19.2 Å². The van der Waals surface area contributed by atoms with Gasteiger partial charge >= 0.3 is 6.61 Å². The maximum atomic E-state index is 12.2. The van der Waals surface area contributed by atoms with Crippen LogP contribution >= 0.6 is 0 Å². The van der Waals surface area contributed by atoms with E-state index in [1.807, 2.05) is 11.9 Å². The number of nitrogens with zero attached hydrogens (tertiary/aromatic N) is 3. The van der Waals surface area contributed by atoms with Crippen molar-refractivity contribution >= 4 is 16.0 Å². The minimum Gasteiger partial charge on any atom is -0.435 e. The van der Waals surface area contributed by atoms with Crippen LogP contribution in [0.1, 0.15) is 12.0 Å². The zero-order chi connectivity index (χ0) is 19.2. The number of alkyl halides is 2. The van der Waals surface area contributed by atoms with Crippen molar-refractivity contribution in [2.24, 2.45) is 4.99 Å². The van der Waals surface area contributed by atoms with Crippen LogP contribution in [0.5, 0.6) is 5.75 Å². The Kier molecular flexibility index (Phi) is 7.15. The van der Waals surface area contributed by atoms with Crippen LogP contribution < -0.4 is 10.1 Å². The van der Waals surface area contributed by atoms with E-state index in [0.29, 0.717) is 38.6 Å². The zero-order valence-electron chi connectivity index (χ0n) is 14.9. The molecule has 1 heterocycles. The number of hydrogen-bond acceptors (Lipinski definition) is 4. The van der Waals surface area contributed by atoms with Gasteiger partial charge in [0, 0.05) is 40.3 Å². The number of benzene rings is 1. The summed E-state index contributed by atoms with van der Waals surface area (Å²) >= 11 is 0. The Balaban J connectivity index is 1.83. The Hall–Kier alpha value is -1.94. The average molecular weight is 390 g/mol. The van der Waals surface area contributed by atoms with Crippen molar-refractivity contribution in [2.45, 2.75) is 19.6 Å². The molecule has 0 spiro atoms. The molecule has 1 aromatic carbocycles. The van der Waals surface area contributed by atoms with Gasteiger partial charge in [0.25, 0.3) is 0 Å². The number of hydrogen-bond donors (Lipinski definition) is 1. The highest BCUT2D eigenvalue weighted by atomic mass is 32.2. The molecule has 0 aromatic heterocycles. The summed E-state index contributed by atoms with van der Waals surface area (Å²) in [6, 6.07) is 6.39. The van der Waals surface area contributed by atoms with E-state index in [9.17, 15) is 17.2 Å². The molecule has 1 aliphatic heterocycles. The minimum atomic E-state index is -3.10. The number of halogens is 2. The van der Waals surface area contributed by atoms with Crippen molar-refractivity contribution in [3.8, 4) is 5.75 Å². The first-order valence-electron chi connectivity index (χ1n) is 8.25. The van der Waals surface area contributed by atoms with Crippen molar-refractivity contribution in [3.05, 3.63) is 29.8 Å². The Morgan fingerprint density at radius 3 is 2.62 bits per heavy atom. The second-order valence-corrected chi connectivity index (χ2v) is 8.01. The van der Waals surface area contributed by atoms with E-state index < -0.39 is 16.6 Å². The minimum absolute atomic E-state index is 0.112. The number of ether oxygens (including phenoxy) is 1. The second-order valence-electron chi connectivity index (χ2n) is 5.92. The first kappa shape index (κ1) is 20.4. The lowest BCUT2D eigenvalue weighted by atomic mass is 10.2. The van der Waals surface area contributed by atoms with E-state index in [2.05, 4.69) is 15.0 Å². The summed E-state index contributed by atoms with van der Waals surface area (Å²) in [7, 11) is 0.384. The number of rotatable bonds is 7. The highest BCUT2D eigenvalue weighted by Crippen LogP contribution is 2.16. The summed E-state index contributed by atoms with van der Waals surface area (Å²) in [6.45, 7) is -0.917. The number of nitrogens with one attached hydrogen (secondary N) is 1. The highest BCUT2D eigenvalue weighted by Gasteiger charge is 2.27. The molecule has 0 atom stereocenters. The monoisotopic (exact) mass is 390 g/mol. The molecule has 0 amide bonds. The molecular weight excluding hydrogens is 366 g/mol. The Labute approximate surface area is 152 Å². The highest BCUT2D eigenvalue weighted by molar-refractivity contribution is 7.89. The average Bonchev–Trinajstić information content (AvgIpc) is 2.91. The van der Waals surface area contributed by atoms with Gasteiger partial charge in [-0.1, -0.05) is 12.1 Å². The van der Waals surface area contributed by atoms with Gasteiger partial charge in [-0.2, -0.15) is 8.78 Å². The van der Waals surface area contributed by atoms with Gasteiger partial charge in [0.1, 0.15) is 5.75 Å². The number of sulfonamides is 1. The van der Waals surface area contributed by atoms with Crippen LogP contribution in [0.2, 0.25) is 0 Å². The largest absolute Gasteiger partial charge is 0.435 e. The molecule has 0 radical (unpaired) electrons. The van der Waals surface area contributed by atoms with E-state index in [1.165, 1.54) is 16.4 Å². The molecular formula is C16H24F2N4O3S. The van der Waals surface area contributed by atoms with Gasteiger partial charge < -0.3 is 15.0 Å². The van der Waals surface area contributed by atoms with Crippen molar-refractivity contribution < 1.29 is 21.9 Å². The van der Waals surface area contributed by atoms with Crippen LogP contribution in [0.4, 0.5) is 8.78 Å². The first-order valence-corrected chi connectivity index (χ1v) is 9.86. The molecule has 1 aromatic rings. The summed E-state index contributed by atoms with van der Waals surface area (Å²) < 4.78 is 53.7. The SMILES string of the molecule is CN=C(NCCN1CCCS1(=O)=O)N(C)Cc1ccc(OC(F)F)cc1. The van der Waals surface area contributed by atoms with E-state index in [-0.39, 0.29) is 11.5 Å². The molecule has 2 rings (SSSR count). The van der Waals surface area contributed by atoms with E-state index in [4.69, 9.17) is 0 Å². The topological polar surface area (TPSA) is 74.2 Å². The summed E-state index contributed by atoms with van der Waals surface area (Å²) in [4.78, 5) is 6.04. The third kappa shape index (κ3) is 5.80. The van der Waals surface area contributed by atoms with Gasteiger partial charge in [-0.15, -0.1) is 0 Å². The van der Waals surface area contributed by atoms with Crippen LogP contribution in [0, 0.1) is 0 Å². The Morgan fingerprint density at radius 2 is 2.08 bits per heavy atom. The Bertz CT molecular complexity index is 711. The zero-order valence-corrected chi connectivity index (χ0v) is 15.7. The van der Waals surface area contributed by atoms with Gasteiger partial charge in [0.15, 0.2) is 5.96 Å². The maximum Gasteiger partial charge on any atom is 0.387 e. The quantitative estimate of drug-likeness (QED) is 0.562. The molecule has 0 unspecified atom stereocenters. The predicted octanol–water partition coefficient (Wildman–Crippen LogP) is 1.33. The first-order chi connectivity index (χ1) is 12.3. The third-order valence-corrected chi connectivity index (χ3v) is 5.95. The van der Waals surface area contributed by atoms with Crippen LogP contribution in [0.15, 0.2) is 29.3 Å². The molecule has 1 fully saturated rings. The lowest BCUT2D eigenvalue weighted by Crippen LogP contribution is -2.42. The maximum absolute atomic E-state index is 12.2. The van der Waals surface area contributed by atoms with Crippen LogP contribution in [-0.2, 0) is 16.6 Å². The summed E-state index contributed by atoms with van der Waals surface area (Å²) in [6.07, 6.45) is 0.669. The standard InChI is InChI=1S/C16H24F2N4O3S/c1-19-16(20-8-10-22-9-3-11-26(22,23)24)21(2)12-13-4-6-14(7-5-13)25-15(17)18/h4-7,15H,3,8-12H2,1-2H3,(H,19,20). The normalized spacial score (nSPS) is 17.5. The summed E-state index contributed by atoms with van der Waals surface area (Å²) in [5, 5.41) is 3.14. The van der Waals surface area contributed by atoms with Crippen LogP contribution in [0.25, 0.3) is 0 Å². The molecule has 146 valence electrons. The van der Waals surface area contributed by atoms with Gasteiger partial charge in [-0.3, -0.25) is 4.99 Å². The lowest BCUT2D eigenvalue weighted by Gasteiger charge is -2.23. The van der Waals surface area contributed by atoms with Crippen molar-refractivity contribution in [2.75, 3.05) is 39.5 Å². The lowest BCUT2D eigenvalue weighted by molar-refractivity contribution is -0.0498. The predicted molar refractivity (Wildman–Crippen MR) is 95.9 cm³/mol. The fraction of sp³-hybridized carbons (Fsp3) is 0.562. The number of aliphatic imine (C=N–C) groups is 1. The third-order valence-electron chi connectivity index (χ3n) is 3.99. The smallest absolute Gasteiger partial charge is 0.387 e. The molecule has 10 heteroatoms. The van der Waals surface area contributed by atoms with Gasteiger partial charge in [-0.25, -0.2) is 12.7 Å². The van der Waals surface area contributed by atoms with Gasteiger partial charge in [-0.05, 0) is 24.1 Å². The molecule has 0 aliphatic carbocycles. The van der Waals surface area contributed by atoms with Crippen molar-refractivity contribution in [1.82, 2.24) is 14.5 Å². The molecule has 26 heavy (non-hydrogen) atoms. The van der Waals surface area contributed by atoms with Crippen molar-refractivity contribution in [1.29, 1.82) is 0 Å². The van der Waals surface area contributed by atoms with Gasteiger partial charge in [0.2, 0.25) is 10.0 Å². The molecule has 7 nitrogen and oxygen atoms in total. The van der Waals surface area contributed by atoms with Gasteiger partial charge in [0.05, 0.1) is 5.75 Å². The summed E-state index contributed by atoms with van der Waals surface area (Å²) in [5.41, 5.74) is 0.902. The van der Waals surface area contributed by atoms with Crippen LogP contribution in [0.3, 0.4) is 0 Å². The fourth-order valence-corrected chi connectivity index (χ4v) is 4.27. The molecule has 1 N–H and O–H groups in total. The summed E-state index contributed by atoms with van der Waals surface area (Å²) in [5.74, 6) is 0.947. The second kappa shape index (κ2) is 9.13. The molecule has 1 aliphatic rings.